The molecule has 0 aromatic carbocycles. The maximum atomic E-state index is 9.83. The topological polar surface area (TPSA) is 81.7 Å². The number of rotatable bonds is 1. The Hall–Kier alpha value is 0.415. The first-order valence-corrected chi connectivity index (χ1v) is 1.88. The molecule has 6 heteroatoms. The van der Waals surface area contributed by atoms with E-state index in [0.717, 1.165) is 6.20 Å². The van der Waals surface area contributed by atoms with Crippen LogP contribution in [-0.4, -0.2) is 21.4 Å². The summed E-state index contributed by atoms with van der Waals surface area (Å²) in [6.07, 6.45) is 1.08. The number of hydrogen-bond acceptors (Lipinski definition) is 4. The summed E-state index contributed by atoms with van der Waals surface area (Å²) >= 11 is 0. The van der Waals surface area contributed by atoms with Gasteiger partial charge in [0.05, 0.1) is 12.2 Å². The van der Waals surface area contributed by atoms with Crippen LogP contribution in [0.4, 0.5) is 0 Å². The summed E-state index contributed by atoms with van der Waals surface area (Å²) in [7, 11) is 0. The predicted molar refractivity (Wildman–Crippen MR) is 20.7 cm³/mol. The quantitative estimate of drug-likeness (QED) is 0.490. The number of carbonyl (C=O) groups is 1. The zero-order chi connectivity index (χ0) is 5.98. The molecule has 0 fully saturated rings. The van der Waals surface area contributed by atoms with Crippen molar-refractivity contribution >= 4 is 5.97 Å². The first-order valence-electron chi connectivity index (χ1n) is 1.88. The van der Waals surface area contributed by atoms with E-state index in [1.54, 1.807) is 0 Å². The summed E-state index contributed by atoms with van der Waals surface area (Å²) in [5.41, 5.74) is -0.176. The van der Waals surface area contributed by atoms with Gasteiger partial charge < -0.3 is 9.90 Å². The minimum absolute atomic E-state index is 0. The Labute approximate surface area is 99.6 Å². The smallest absolute Gasteiger partial charge is 0.543 e. The largest absolute Gasteiger partial charge is 1.00 e. The van der Waals surface area contributed by atoms with E-state index in [1.165, 1.54) is 0 Å². The normalized spacial score (nSPS) is 8.00. The maximum Gasteiger partial charge on any atom is 1.00 e. The minimum atomic E-state index is -1.32. The average molecular weight is 198 g/mol. The third-order valence-corrected chi connectivity index (χ3v) is 0.624. The Morgan fingerprint density at radius 3 is 2.67 bits per heavy atom. The van der Waals surface area contributed by atoms with E-state index < -0.39 is 5.97 Å². The third kappa shape index (κ3) is 2.66. The fraction of sp³-hybridized carbons (Fsp3) is 0. The number of aromatic carboxylic acids is 1. The molecule has 1 N–H and O–H groups in total. The molecule has 0 aliphatic rings. The van der Waals surface area contributed by atoms with Gasteiger partial charge in [-0.25, -0.2) is 0 Å². The van der Waals surface area contributed by atoms with Crippen molar-refractivity contribution in [1.82, 2.24) is 15.4 Å². The molecule has 0 atom stereocenters. The van der Waals surface area contributed by atoms with Gasteiger partial charge in [-0.05, 0) is 0 Å². The van der Waals surface area contributed by atoms with Crippen LogP contribution in [0, 0.1) is 0 Å². The first-order chi connectivity index (χ1) is 3.80. The summed E-state index contributed by atoms with van der Waals surface area (Å²) < 4.78 is 0. The van der Waals surface area contributed by atoms with Crippen LogP contribution in [-0.2, 0) is 0 Å². The summed E-state index contributed by atoms with van der Waals surface area (Å²) in [6.45, 7) is 0. The van der Waals surface area contributed by atoms with Crippen LogP contribution < -0.4 is 63.3 Å². The molecular formula is C3H2N3O2Rb. The Morgan fingerprint density at radius 2 is 2.44 bits per heavy atom. The van der Waals surface area contributed by atoms with Gasteiger partial charge in [-0.3, -0.25) is 0 Å². The maximum absolute atomic E-state index is 9.83. The van der Waals surface area contributed by atoms with Crippen LogP contribution in [0.15, 0.2) is 6.20 Å². The van der Waals surface area contributed by atoms with E-state index in [-0.39, 0.29) is 63.9 Å². The number of aromatic amines is 1. The number of H-pyrrole nitrogens is 1. The zero-order valence-electron chi connectivity index (χ0n) is 4.79. The van der Waals surface area contributed by atoms with Gasteiger partial charge in [0.2, 0.25) is 0 Å². The van der Waals surface area contributed by atoms with E-state index >= 15 is 0 Å². The predicted octanol–water partition coefficient (Wildman–Crippen LogP) is -4.83. The molecule has 1 aromatic rings. The Morgan fingerprint density at radius 1 is 1.78 bits per heavy atom. The van der Waals surface area contributed by atoms with E-state index in [0.29, 0.717) is 0 Å². The Balaban J connectivity index is 0.000000640. The van der Waals surface area contributed by atoms with Gasteiger partial charge in [-0.15, -0.1) is 0 Å². The van der Waals surface area contributed by atoms with Gasteiger partial charge >= 0.3 is 58.2 Å². The van der Waals surface area contributed by atoms with E-state index in [1.807, 2.05) is 0 Å². The third-order valence-electron chi connectivity index (χ3n) is 0.624. The first kappa shape index (κ1) is 9.42. The molecular weight excluding hydrogens is 196 g/mol. The standard InChI is InChI=1S/C3H3N3O2.Rb/c7-3(8)2-1-4-6-5-2;/h1H,(H,7,8)(H,4,5,6);/q;+1/p-1. The molecule has 5 nitrogen and oxygen atoms in total. The van der Waals surface area contributed by atoms with E-state index in [9.17, 15) is 9.90 Å². The second kappa shape index (κ2) is 4.27. The van der Waals surface area contributed by atoms with E-state index in [4.69, 9.17) is 0 Å². The van der Waals surface area contributed by atoms with Crippen molar-refractivity contribution in [3.8, 4) is 0 Å². The molecule has 0 saturated heterocycles. The van der Waals surface area contributed by atoms with Crippen LogP contribution >= 0.6 is 0 Å². The summed E-state index contributed by atoms with van der Waals surface area (Å²) in [4.78, 5) is 9.83. The summed E-state index contributed by atoms with van der Waals surface area (Å²) in [5, 5.41) is 18.4. The van der Waals surface area contributed by atoms with Crippen molar-refractivity contribution in [2.24, 2.45) is 0 Å². The second-order valence-corrected chi connectivity index (χ2v) is 1.14. The van der Waals surface area contributed by atoms with Crippen LogP contribution in [0.5, 0.6) is 0 Å². The molecule has 0 bridgehead atoms. The number of hydrogen-bond donors (Lipinski definition) is 1. The Bertz CT molecular complexity index is 185. The van der Waals surface area contributed by atoms with Crippen molar-refractivity contribution in [3.63, 3.8) is 0 Å². The van der Waals surface area contributed by atoms with Gasteiger partial charge in [0.25, 0.3) is 0 Å². The number of nitrogens with zero attached hydrogens (tertiary/aromatic N) is 2. The van der Waals surface area contributed by atoms with Crippen molar-refractivity contribution in [2.75, 3.05) is 0 Å². The number of carboxylic acid groups (broad SMARTS) is 1. The van der Waals surface area contributed by atoms with Crippen molar-refractivity contribution in [1.29, 1.82) is 0 Å². The molecule has 42 valence electrons. The molecule has 0 aliphatic heterocycles. The molecule has 9 heavy (non-hydrogen) atoms. The van der Waals surface area contributed by atoms with Gasteiger partial charge in [0, 0.05) is 0 Å². The molecule has 0 aliphatic carbocycles. The molecule has 1 rings (SSSR count). The monoisotopic (exact) mass is 197 g/mol. The molecule has 1 aromatic heterocycles. The van der Waals surface area contributed by atoms with Crippen molar-refractivity contribution in [2.45, 2.75) is 0 Å². The number of nitrogens with one attached hydrogen (secondary N) is 1. The number of carbonyl (C=O) groups excluding carboxylic acids is 1. The van der Waals surface area contributed by atoms with Crippen LogP contribution in [0.3, 0.4) is 0 Å². The van der Waals surface area contributed by atoms with Gasteiger partial charge in [-0.1, -0.05) is 0 Å². The minimum Gasteiger partial charge on any atom is -0.543 e. The van der Waals surface area contributed by atoms with Gasteiger partial charge in [0.1, 0.15) is 5.69 Å². The second-order valence-electron chi connectivity index (χ2n) is 1.14. The van der Waals surface area contributed by atoms with Gasteiger partial charge in [-0.2, -0.15) is 15.4 Å². The van der Waals surface area contributed by atoms with Gasteiger partial charge in [0.15, 0.2) is 0 Å². The van der Waals surface area contributed by atoms with Crippen LogP contribution in [0.25, 0.3) is 0 Å². The molecule has 0 radical (unpaired) electrons. The molecule has 0 saturated carbocycles. The van der Waals surface area contributed by atoms with Crippen molar-refractivity contribution in [3.05, 3.63) is 11.9 Å². The average Bonchev–Trinajstić information content (AvgIpc) is 2.12. The zero-order valence-corrected chi connectivity index (χ0v) is 9.70. The SMILES string of the molecule is O=C([O-])c1cn[nH]n1.[Rb+]. The molecule has 0 amide bonds. The van der Waals surface area contributed by atoms with Crippen LogP contribution in [0.2, 0.25) is 0 Å². The fourth-order valence-electron chi connectivity index (χ4n) is 0.300. The molecule has 0 spiro atoms. The van der Waals surface area contributed by atoms with Crippen LogP contribution in [0.1, 0.15) is 10.5 Å². The number of aromatic nitrogens is 3. The summed E-state index contributed by atoms with van der Waals surface area (Å²) in [5.74, 6) is -1.32. The van der Waals surface area contributed by atoms with E-state index in [2.05, 4.69) is 15.4 Å². The fourth-order valence-corrected chi connectivity index (χ4v) is 0.300. The van der Waals surface area contributed by atoms with Crippen molar-refractivity contribution < 1.29 is 68.1 Å². The number of carboxylic acids is 1. The Kier molecular flexibility index (Phi) is 4.46. The molecule has 1 heterocycles. The summed E-state index contributed by atoms with van der Waals surface area (Å²) in [6, 6.07) is 0. The molecule has 0 unspecified atom stereocenters.